The highest BCUT2D eigenvalue weighted by molar-refractivity contribution is 9.10. The lowest BCUT2D eigenvalue weighted by molar-refractivity contribution is 0.164. The van der Waals surface area contributed by atoms with E-state index in [1.165, 1.54) is 0 Å². The summed E-state index contributed by atoms with van der Waals surface area (Å²) in [4.78, 5) is 0. The number of hydrogen-bond donors (Lipinski definition) is 3. The van der Waals surface area contributed by atoms with E-state index in [0.717, 1.165) is 5.56 Å². The molecule has 0 bridgehead atoms. The predicted molar refractivity (Wildman–Crippen MR) is 54.4 cm³/mol. The minimum absolute atomic E-state index is 0.133. The Morgan fingerprint density at radius 3 is 2.54 bits per heavy atom. The van der Waals surface area contributed by atoms with E-state index < -0.39 is 12.1 Å². The van der Waals surface area contributed by atoms with Crippen molar-refractivity contribution in [3.05, 3.63) is 28.2 Å². The van der Waals surface area contributed by atoms with Crippen molar-refractivity contribution in [1.82, 2.24) is 0 Å². The van der Waals surface area contributed by atoms with Crippen LogP contribution in [0, 0.1) is 0 Å². The molecule has 1 rings (SSSR count). The van der Waals surface area contributed by atoms with Crippen molar-refractivity contribution in [2.75, 3.05) is 0 Å². The van der Waals surface area contributed by atoms with Gasteiger partial charge in [0.2, 0.25) is 0 Å². The lowest BCUT2D eigenvalue weighted by Crippen LogP contribution is -2.22. The zero-order valence-electron chi connectivity index (χ0n) is 7.24. The Kier molecular flexibility index (Phi) is 3.30. The fourth-order valence-corrected chi connectivity index (χ4v) is 1.26. The van der Waals surface area contributed by atoms with E-state index in [9.17, 15) is 10.2 Å². The molecule has 1 aromatic carbocycles. The smallest absolute Gasteiger partial charge is 0.130 e. The average Bonchev–Trinajstić information content (AvgIpc) is 2.08. The van der Waals surface area contributed by atoms with Crippen molar-refractivity contribution in [3.63, 3.8) is 0 Å². The first kappa shape index (κ1) is 10.5. The molecular formula is C9H12BrNO2. The van der Waals surface area contributed by atoms with E-state index in [0.29, 0.717) is 4.47 Å². The van der Waals surface area contributed by atoms with E-state index in [1.807, 2.05) is 0 Å². The van der Waals surface area contributed by atoms with E-state index in [1.54, 1.807) is 25.1 Å². The van der Waals surface area contributed by atoms with E-state index in [-0.39, 0.29) is 5.75 Å². The standard InChI is InChI=1S/C9H12BrNO2/c1-5(12)9(11)6-2-3-7(10)8(13)4-6/h2-5,9,12-13H,11H2,1H3/t5-,9-/m0/s1. The molecule has 0 unspecified atom stereocenters. The molecular weight excluding hydrogens is 234 g/mol. The first-order chi connectivity index (χ1) is 6.02. The van der Waals surface area contributed by atoms with Gasteiger partial charge in [0.15, 0.2) is 0 Å². The van der Waals surface area contributed by atoms with Gasteiger partial charge in [0, 0.05) is 0 Å². The van der Waals surface area contributed by atoms with Crippen molar-refractivity contribution in [2.45, 2.75) is 19.1 Å². The summed E-state index contributed by atoms with van der Waals surface area (Å²) in [7, 11) is 0. The number of nitrogens with two attached hydrogens (primary N) is 1. The summed E-state index contributed by atoms with van der Waals surface area (Å²) in [5.41, 5.74) is 6.40. The first-order valence-electron chi connectivity index (χ1n) is 3.94. The second-order valence-electron chi connectivity index (χ2n) is 2.98. The highest BCUT2D eigenvalue weighted by Crippen LogP contribution is 2.27. The number of benzene rings is 1. The van der Waals surface area contributed by atoms with Crippen LogP contribution in [0.3, 0.4) is 0 Å². The summed E-state index contributed by atoms with van der Waals surface area (Å²) in [5.74, 6) is 0.133. The molecule has 0 saturated heterocycles. The Morgan fingerprint density at radius 2 is 2.08 bits per heavy atom. The van der Waals surface area contributed by atoms with Crippen LogP contribution in [0.5, 0.6) is 5.75 Å². The van der Waals surface area contributed by atoms with Crippen LogP contribution in [0.15, 0.2) is 22.7 Å². The molecule has 72 valence electrons. The average molecular weight is 246 g/mol. The number of aliphatic hydroxyl groups excluding tert-OH is 1. The third kappa shape index (κ3) is 2.43. The topological polar surface area (TPSA) is 66.5 Å². The molecule has 0 aliphatic carbocycles. The summed E-state index contributed by atoms with van der Waals surface area (Å²) in [5, 5.41) is 18.6. The van der Waals surface area contributed by atoms with Gasteiger partial charge in [0.25, 0.3) is 0 Å². The highest BCUT2D eigenvalue weighted by Gasteiger charge is 2.12. The molecule has 1 aromatic rings. The second kappa shape index (κ2) is 4.09. The maximum Gasteiger partial charge on any atom is 0.130 e. The molecule has 13 heavy (non-hydrogen) atoms. The van der Waals surface area contributed by atoms with Crippen LogP contribution in [-0.4, -0.2) is 16.3 Å². The summed E-state index contributed by atoms with van der Waals surface area (Å²) < 4.78 is 0.619. The number of rotatable bonds is 2. The third-order valence-electron chi connectivity index (χ3n) is 1.87. The molecule has 0 aliphatic heterocycles. The molecule has 0 aliphatic rings. The van der Waals surface area contributed by atoms with E-state index in [2.05, 4.69) is 15.9 Å². The Morgan fingerprint density at radius 1 is 1.46 bits per heavy atom. The Balaban J connectivity index is 2.97. The maximum atomic E-state index is 9.35. The Hall–Kier alpha value is -0.580. The summed E-state index contributed by atoms with van der Waals surface area (Å²) in [6.45, 7) is 1.61. The Labute approximate surface area is 85.3 Å². The number of aromatic hydroxyl groups is 1. The quantitative estimate of drug-likeness (QED) is 0.741. The minimum atomic E-state index is -0.624. The third-order valence-corrected chi connectivity index (χ3v) is 2.55. The normalized spacial score (nSPS) is 15.4. The van der Waals surface area contributed by atoms with Gasteiger partial charge in [-0.15, -0.1) is 0 Å². The van der Waals surface area contributed by atoms with Gasteiger partial charge in [-0.2, -0.15) is 0 Å². The van der Waals surface area contributed by atoms with E-state index in [4.69, 9.17) is 5.73 Å². The van der Waals surface area contributed by atoms with Crippen LogP contribution in [0.25, 0.3) is 0 Å². The second-order valence-corrected chi connectivity index (χ2v) is 3.83. The van der Waals surface area contributed by atoms with Crippen molar-refractivity contribution in [1.29, 1.82) is 0 Å². The molecule has 0 fully saturated rings. The van der Waals surface area contributed by atoms with Crippen LogP contribution in [0.2, 0.25) is 0 Å². The van der Waals surface area contributed by atoms with Gasteiger partial charge >= 0.3 is 0 Å². The SMILES string of the molecule is C[C@H](O)[C@H](N)c1ccc(Br)c(O)c1. The number of aliphatic hydroxyl groups is 1. The molecule has 0 amide bonds. The fourth-order valence-electron chi connectivity index (χ4n) is 1.02. The Bertz CT molecular complexity index is 302. The van der Waals surface area contributed by atoms with E-state index >= 15 is 0 Å². The van der Waals surface area contributed by atoms with Crippen LogP contribution < -0.4 is 5.73 Å². The van der Waals surface area contributed by atoms with Crippen LogP contribution in [-0.2, 0) is 0 Å². The van der Waals surface area contributed by atoms with Crippen molar-refractivity contribution in [3.8, 4) is 5.75 Å². The minimum Gasteiger partial charge on any atom is -0.507 e. The molecule has 3 nitrogen and oxygen atoms in total. The number of hydrogen-bond acceptors (Lipinski definition) is 3. The van der Waals surface area contributed by atoms with Gasteiger partial charge in [-0.1, -0.05) is 6.07 Å². The number of phenols is 1. The van der Waals surface area contributed by atoms with Gasteiger partial charge < -0.3 is 15.9 Å². The van der Waals surface area contributed by atoms with Gasteiger partial charge in [-0.25, -0.2) is 0 Å². The van der Waals surface area contributed by atoms with Crippen molar-refractivity contribution in [2.24, 2.45) is 5.73 Å². The van der Waals surface area contributed by atoms with Crippen molar-refractivity contribution < 1.29 is 10.2 Å². The van der Waals surface area contributed by atoms with Crippen LogP contribution in [0.4, 0.5) is 0 Å². The molecule has 4 N–H and O–H groups in total. The molecule has 0 spiro atoms. The lowest BCUT2D eigenvalue weighted by Gasteiger charge is -2.15. The fraction of sp³-hybridized carbons (Fsp3) is 0.333. The molecule has 0 radical (unpaired) electrons. The summed E-state index contributed by atoms with van der Waals surface area (Å²) in [6.07, 6.45) is -0.624. The van der Waals surface area contributed by atoms with Gasteiger partial charge in [-0.05, 0) is 40.5 Å². The zero-order valence-corrected chi connectivity index (χ0v) is 8.82. The highest BCUT2D eigenvalue weighted by atomic mass is 79.9. The van der Waals surface area contributed by atoms with Gasteiger partial charge in [0.05, 0.1) is 16.6 Å². The lowest BCUT2D eigenvalue weighted by atomic mass is 10.0. The zero-order chi connectivity index (χ0) is 10.0. The summed E-state index contributed by atoms with van der Waals surface area (Å²) in [6, 6.07) is 4.55. The number of halogens is 1. The molecule has 0 aromatic heterocycles. The van der Waals surface area contributed by atoms with Crippen LogP contribution >= 0.6 is 15.9 Å². The largest absolute Gasteiger partial charge is 0.507 e. The predicted octanol–water partition coefficient (Wildman–Crippen LogP) is 1.54. The number of phenolic OH excluding ortho intramolecular Hbond substituents is 1. The van der Waals surface area contributed by atoms with Gasteiger partial charge in [-0.3, -0.25) is 0 Å². The first-order valence-corrected chi connectivity index (χ1v) is 4.73. The van der Waals surface area contributed by atoms with Crippen molar-refractivity contribution >= 4 is 15.9 Å². The maximum absolute atomic E-state index is 9.35. The molecule has 0 saturated carbocycles. The molecule has 4 heteroatoms. The van der Waals surface area contributed by atoms with Crippen LogP contribution in [0.1, 0.15) is 18.5 Å². The van der Waals surface area contributed by atoms with Gasteiger partial charge in [0.1, 0.15) is 5.75 Å². The monoisotopic (exact) mass is 245 g/mol. The molecule has 0 heterocycles. The molecule has 2 atom stereocenters. The summed E-state index contributed by atoms with van der Waals surface area (Å²) >= 11 is 3.16.